The third-order valence-electron chi connectivity index (χ3n) is 3.91. The zero-order chi connectivity index (χ0) is 16.8. The van der Waals surface area contributed by atoms with Crippen LogP contribution < -0.4 is 0 Å². The second-order valence-electron chi connectivity index (χ2n) is 5.53. The van der Waals surface area contributed by atoms with Gasteiger partial charge in [0.05, 0.1) is 11.7 Å². The molecule has 0 aromatic heterocycles. The molecule has 5 heteroatoms. The molecule has 0 saturated carbocycles. The molecule has 0 fully saturated rings. The fourth-order valence-corrected chi connectivity index (χ4v) is 2.76. The van der Waals surface area contributed by atoms with Crippen LogP contribution in [0.1, 0.15) is 29.7 Å². The molecule has 2 aromatic carbocycles. The summed E-state index contributed by atoms with van der Waals surface area (Å²) < 4.78 is 27.5. The van der Waals surface area contributed by atoms with Crippen molar-refractivity contribution in [1.29, 1.82) is 0 Å². The molecule has 0 aliphatic heterocycles. The topological polar surface area (TPSA) is 43.7 Å². The van der Waals surface area contributed by atoms with Gasteiger partial charge in [-0.25, -0.2) is 8.78 Å². The lowest BCUT2D eigenvalue weighted by Gasteiger charge is -2.30. The molecule has 0 spiro atoms. The Morgan fingerprint density at radius 3 is 2.17 bits per heavy atom. The van der Waals surface area contributed by atoms with Crippen LogP contribution >= 0.6 is 0 Å². The molecule has 0 amide bonds. The highest BCUT2D eigenvalue weighted by molar-refractivity contribution is 5.23. The molecule has 0 aliphatic rings. The highest BCUT2D eigenvalue weighted by Crippen LogP contribution is 2.27. The molecule has 2 N–H and O–H groups in total. The molecule has 0 saturated heterocycles. The van der Waals surface area contributed by atoms with Crippen molar-refractivity contribution in [3.63, 3.8) is 0 Å². The lowest BCUT2D eigenvalue weighted by atomic mass is 10.0. The number of rotatable bonds is 7. The Bertz CT molecular complexity index is 601. The first-order valence-electron chi connectivity index (χ1n) is 7.52. The molecule has 2 aromatic rings. The van der Waals surface area contributed by atoms with Crippen molar-refractivity contribution < 1.29 is 19.0 Å². The minimum absolute atomic E-state index is 0.0198. The van der Waals surface area contributed by atoms with E-state index in [2.05, 4.69) is 0 Å². The van der Waals surface area contributed by atoms with Gasteiger partial charge < -0.3 is 10.2 Å². The lowest BCUT2D eigenvalue weighted by Crippen LogP contribution is -2.30. The summed E-state index contributed by atoms with van der Waals surface area (Å²) in [5.74, 6) is -1.52. The molecule has 124 valence electrons. The van der Waals surface area contributed by atoms with Crippen LogP contribution in [0.4, 0.5) is 8.78 Å². The van der Waals surface area contributed by atoms with E-state index >= 15 is 0 Å². The third-order valence-corrected chi connectivity index (χ3v) is 3.91. The number of aliphatic hydroxyl groups is 2. The quantitative estimate of drug-likeness (QED) is 0.824. The fraction of sp³-hybridized carbons (Fsp3) is 0.333. The smallest absolute Gasteiger partial charge is 0.131 e. The number of aliphatic hydroxyl groups excluding tert-OH is 2. The van der Waals surface area contributed by atoms with E-state index in [0.717, 1.165) is 17.7 Å². The van der Waals surface area contributed by atoms with Crippen molar-refractivity contribution in [2.75, 3.05) is 20.2 Å². The minimum Gasteiger partial charge on any atom is -0.396 e. The summed E-state index contributed by atoms with van der Waals surface area (Å²) in [6, 6.07) is 12.9. The second-order valence-corrected chi connectivity index (χ2v) is 5.53. The Labute approximate surface area is 134 Å². The van der Waals surface area contributed by atoms with Gasteiger partial charge in [-0.2, -0.15) is 0 Å². The van der Waals surface area contributed by atoms with Crippen LogP contribution in [0.15, 0.2) is 48.5 Å². The number of hydrogen-bond acceptors (Lipinski definition) is 3. The van der Waals surface area contributed by atoms with Gasteiger partial charge in [0.25, 0.3) is 0 Å². The van der Waals surface area contributed by atoms with E-state index in [-0.39, 0.29) is 24.8 Å². The molecule has 0 heterocycles. The monoisotopic (exact) mass is 321 g/mol. The molecule has 3 nitrogen and oxygen atoms in total. The van der Waals surface area contributed by atoms with E-state index in [1.165, 1.54) is 6.07 Å². The van der Waals surface area contributed by atoms with Crippen LogP contribution in [0.5, 0.6) is 0 Å². The summed E-state index contributed by atoms with van der Waals surface area (Å²) in [6.45, 7) is 0.0332. The predicted molar refractivity (Wildman–Crippen MR) is 84.8 cm³/mol. The van der Waals surface area contributed by atoms with Crippen molar-refractivity contribution in [3.05, 3.63) is 71.3 Å². The summed E-state index contributed by atoms with van der Waals surface area (Å²) in [7, 11) is 1.76. The Balaban J connectivity index is 2.16. The Morgan fingerprint density at radius 1 is 1.00 bits per heavy atom. The van der Waals surface area contributed by atoms with Crippen molar-refractivity contribution in [2.24, 2.45) is 0 Å². The van der Waals surface area contributed by atoms with Crippen LogP contribution in [0.3, 0.4) is 0 Å². The number of halogens is 2. The van der Waals surface area contributed by atoms with Crippen LogP contribution in [-0.2, 0) is 0 Å². The average Bonchev–Trinajstić information content (AvgIpc) is 2.53. The van der Waals surface area contributed by atoms with E-state index in [1.54, 1.807) is 11.9 Å². The third kappa shape index (κ3) is 4.34. The summed E-state index contributed by atoms with van der Waals surface area (Å²) in [5, 5.41) is 19.5. The maximum absolute atomic E-state index is 13.8. The van der Waals surface area contributed by atoms with Crippen molar-refractivity contribution in [1.82, 2.24) is 4.90 Å². The number of nitrogens with zero attached hydrogens (tertiary/aromatic N) is 1. The van der Waals surface area contributed by atoms with E-state index in [4.69, 9.17) is 0 Å². The van der Waals surface area contributed by atoms with Gasteiger partial charge in [-0.3, -0.25) is 4.90 Å². The van der Waals surface area contributed by atoms with Crippen LogP contribution in [0.25, 0.3) is 0 Å². The van der Waals surface area contributed by atoms with Crippen molar-refractivity contribution in [3.8, 4) is 0 Å². The second kappa shape index (κ2) is 8.15. The highest BCUT2D eigenvalue weighted by Gasteiger charge is 2.23. The van der Waals surface area contributed by atoms with Gasteiger partial charge in [0, 0.05) is 19.2 Å². The van der Waals surface area contributed by atoms with Gasteiger partial charge in [-0.15, -0.1) is 0 Å². The minimum atomic E-state index is -1.29. The van der Waals surface area contributed by atoms with E-state index in [9.17, 15) is 19.0 Å². The standard InChI is InChI=1S/C18H21F2NO2/c1-21(16(10-11-22)13-6-3-2-4-7-13)12-17(23)18-14(19)8-5-9-15(18)20/h2-9,16-17,22-23H,10-12H2,1H3. The van der Waals surface area contributed by atoms with Gasteiger partial charge in [-0.1, -0.05) is 36.4 Å². The van der Waals surface area contributed by atoms with Gasteiger partial charge in [0.2, 0.25) is 0 Å². The Hall–Kier alpha value is -1.82. The van der Waals surface area contributed by atoms with Crippen LogP contribution in [0, 0.1) is 11.6 Å². The lowest BCUT2D eigenvalue weighted by molar-refractivity contribution is 0.0888. The van der Waals surface area contributed by atoms with Gasteiger partial charge >= 0.3 is 0 Å². The van der Waals surface area contributed by atoms with E-state index in [0.29, 0.717) is 6.42 Å². The van der Waals surface area contributed by atoms with Gasteiger partial charge in [0.1, 0.15) is 11.6 Å². The van der Waals surface area contributed by atoms with E-state index < -0.39 is 17.7 Å². The molecule has 0 radical (unpaired) electrons. The first-order chi connectivity index (χ1) is 11.0. The molecule has 2 rings (SSSR count). The summed E-state index contributed by atoms with van der Waals surface area (Å²) >= 11 is 0. The maximum atomic E-state index is 13.8. The van der Waals surface area contributed by atoms with Gasteiger partial charge in [-0.05, 0) is 31.2 Å². The van der Waals surface area contributed by atoms with E-state index in [1.807, 2.05) is 30.3 Å². The molecule has 2 atom stereocenters. The maximum Gasteiger partial charge on any atom is 0.131 e. The first kappa shape index (κ1) is 17.5. The van der Waals surface area contributed by atoms with Gasteiger partial charge in [0.15, 0.2) is 0 Å². The molecular formula is C18H21F2NO2. The average molecular weight is 321 g/mol. The zero-order valence-corrected chi connectivity index (χ0v) is 13.0. The zero-order valence-electron chi connectivity index (χ0n) is 13.0. The summed E-state index contributed by atoms with van der Waals surface area (Å²) in [4.78, 5) is 1.79. The number of likely N-dealkylation sites (N-methyl/N-ethyl adjacent to an activating group) is 1. The van der Waals surface area contributed by atoms with Crippen molar-refractivity contribution >= 4 is 0 Å². The van der Waals surface area contributed by atoms with Crippen LogP contribution in [0.2, 0.25) is 0 Å². The normalized spacial score (nSPS) is 14.0. The SMILES string of the molecule is CN(CC(O)c1c(F)cccc1F)C(CCO)c1ccccc1. The first-order valence-corrected chi connectivity index (χ1v) is 7.52. The summed E-state index contributed by atoms with van der Waals surface area (Å²) in [6.07, 6.45) is -0.821. The molecule has 23 heavy (non-hydrogen) atoms. The van der Waals surface area contributed by atoms with Crippen LogP contribution in [-0.4, -0.2) is 35.3 Å². The Morgan fingerprint density at radius 2 is 1.61 bits per heavy atom. The highest BCUT2D eigenvalue weighted by atomic mass is 19.1. The molecule has 0 bridgehead atoms. The largest absolute Gasteiger partial charge is 0.396 e. The summed E-state index contributed by atoms with van der Waals surface area (Å²) in [5.41, 5.74) is 0.653. The number of hydrogen-bond donors (Lipinski definition) is 2. The fourth-order valence-electron chi connectivity index (χ4n) is 2.76. The molecule has 0 aliphatic carbocycles. The van der Waals surface area contributed by atoms with Crippen molar-refractivity contribution in [2.45, 2.75) is 18.6 Å². The molecular weight excluding hydrogens is 300 g/mol. The predicted octanol–water partition coefficient (Wildman–Crippen LogP) is 3.05. The number of benzene rings is 2. The Kier molecular flexibility index (Phi) is 6.21. The molecule has 2 unspecified atom stereocenters.